The Kier molecular flexibility index (Phi) is 4.27. The van der Waals surface area contributed by atoms with E-state index in [0.717, 1.165) is 17.5 Å². The number of sulfone groups is 1. The van der Waals surface area contributed by atoms with Gasteiger partial charge in [-0.1, -0.05) is 6.07 Å². The first-order valence-electron chi connectivity index (χ1n) is 7.70. The first-order chi connectivity index (χ1) is 10.4. The molecule has 2 aliphatic heterocycles. The maximum absolute atomic E-state index is 13.3. The van der Waals surface area contributed by atoms with Crippen molar-refractivity contribution in [1.29, 1.82) is 0 Å². The minimum atomic E-state index is -2.96. The summed E-state index contributed by atoms with van der Waals surface area (Å²) in [6, 6.07) is 5.01. The maximum atomic E-state index is 13.3. The standard InChI is InChI=1S/C16H22FNO3S/c1-12-2-3-14(17)8-13(12)10-18-15-4-6-21-16(9-15)5-7-22(19,20)11-16/h2-3,8,15,18H,4-7,9-11H2,1H3. The van der Waals surface area contributed by atoms with Crippen LogP contribution in [0.25, 0.3) is 0 Å². The molecule has 2 aliphatic rings. The number of rotatable bonds is 3. The van der Waals surface area contributed by atoms with Crippen LogP contribution in [0, 0.1) is 12.7 Å². The predicted molar refractivity (Wildman–Crippen MR) is 83.0 cm³/mol. The summed E-state index contributed by atoms with van der Waals surface area (Å²) < 4.78 is 42.6. The molecule has 2 unspecified atom stereocenters. The van der Waals surface area contributed by atoms with E-state index in [0.29, 0.717) is 26.0 Å². The fourth-order valence-corrected chi connectivity index (χ4v) is 5.42. The lowest BCUT2D eigenvalue weighted by atomic mass is 9.89. The van der Waals surface area contributed by atoms with Crippen LogP contribution in [0.4, 0.5) is 4.39 Å². The molecule has 2 heterocycles. The zero-order valence-electron chi connectivity index (χ0n) is 12.8. The molecule has 1 spiro atoms. The third-order valence-electron chi connectivity index (χ3n) is 4.74. The highest BCUT2D eigenvalue weighted by Crippen LogP contribution is 2.35. The second-order valence-corrected chi connectivity index (χ2v) is 8.70. The molecular formula is C16H22FNO3S. The van der Waals surface area contributed by atoms with E-state index in [-0.39, 0.29) is 23.4 Å². The van der Waals surface area contributed by atoms with Crippen LogP contribution in [0.3, 0.4) is 0 Å². The van der Waals surface area contributed by atoms with Gasteiger partial charge in [0.05, 0.1) is 17.1 Å². The van der Waals surface area contributed by atoms with Gasteiger partial charge in [-0.3, -0.25) is 0 Å². The molecule has 122 valence electrons. The van der Waals surface area contributed by atoms with Crippen molar-refractivity contribution >= 4 is 9.84 Å². The maximum Gasteiger partial charge on any atom is 0.153 e. The highest BCUT2D eigenvalue weighted by Gasteiger charge is 2.46. The van der Waals surface area contributed by atoms with Crippen molar-refractivity contribution in [3.8, 4) is 0 Å². The third-order valence-corrected chi connectivity index (χ3v) is 6.53. The molecule has 1 N–H and O–H groups in total. The van der Waals surface area contributed by atoms with Gasteiger partial charge >= 0.3 is 0 Å². The number of ether oxygens (including phenoxy) is 1. The molecule has 0 amide bonds. The van der Waals surface area contributed by atoms with Gasteiger partial charge in [0, 0.05) is 19.2 Å². The Morgan fingerprint density at radius 2 is 2.27 bits per heavy atom. The molecule has 6 heteroatoms. The predicted octanol–water partition coefficient (Wildman–Crippen LogP) is 1.96. The van der Waals surface area contributed by atoms with Crippen molar-refractivity contribution in [2.75, 3.05) is 18.1 Å². The molecular weight excluding hydrogens is 305 g/mol. The lowest BCUT2D eigenvalue weighted by molar-refractivity contribution is -0.0705. The molecule has 0 aliphatic carbocycles. The van der Waals surface area contributed by atoms with E-state index < -0.39 is 15.4 Å². The van der Waals surface area contributed by atoms with Gasteiger partial charge < -0.3 is 10.1 Å². The fraction of sp³-hybridized carbons (Fsp3) is 0.625. The van der Waals surface area contributed by atoms with Crippen molar-refractivity contribution in [3.63, 3.8) is 0 Å². The summed E-state index contributed by atoms with van der Waals surface area (Å²) in [4.78, 5) is 0. The van der Waals surface area contributed by atoms with Crippen molar-refractivity contribution in [2.24, 2.45) is 0 Å². The van der Waals surface area contributed by atoms with Gasteiger partial charge in [-0.2, -0.15) is 0 Å². The molecule has 22 heavy (non-hydrogen) atoms. The van der Waals surface area contributed by atoms with Crippen LogP contribution in [-0.4, -0.2) is 38.2 Å². The number of nitrogens with one attached hydrogen (secondary N) is 1. The average molecular weight is 327 g/mol. The summed E-state index contributed by atoms with van der Waals surface area (Å²) in [6.07, 6.45) is 2.16. The van der Waals surface area contributed by atoms with Gasteiger partial charge in [0.15, 0.2) is 9.84 Å². The Morgan fingerprint density at radius 3 is 3.00 bits per heavy atom. The number of hydrogen-bond donors (Lipinski definition) is 1. The number of halogens is 1. The zero-order chi connectivity index (χ0) is 15.8. The highest BCUT2D eigenvalue weighted by atomic mass is 32.2. The third kappa shape index (κ3) is 3.50. The van der Waals surface area contributed by atoms with Crippen LogP contribution >= 0.6 is 0 Å². The van der Waals surface area contributed by atoms with Crippen molar-refractivity contribution < 1.29 is 17.5 Å². The van der Waals surface area contributed by atoms with Crippen LogP contribution in [-0.2, 0) is 21.1 Å². The molecule has 4 nitrogen and oxygen atoms in total. The van der Waals surface area contributed by atoms with Gasteiger partial charge in [-0.15, -0.1) is 0 Å². The van der Waals surface area contributed by atoms with E-state index in [1.165, 1.54) is 6.07 Å². The lowest BCUT2D eigenvalue weighted by Gasteiger charge is -2.37. The van der Waals surface area contributed by atoms with Crippen molar-refractivity contribution in [3.05, 3.63) is 35.1 Å². The van der Waals surface area contributed by atoms with E-state index >= 15 is 0 Å². The normalized spacial score (nSPS) is 30.7. The van der Waals surface area contributed by atoms with E-state index in [1.54, 1.807) is 12.1 Å². The summed E-state index contributed by atoms with van der Waals surface area (Å²) in [7, 11) is -2.96. The first kappa shape index (κ1) is 15.9. The Morgan fingerprint density at radius 1 is 1.45 bits per heavy atom. The zero-order valence-corrected chi connectivity index (χ0v) is 13.6. The average Bonchev–Trinajstić information content (AvgIpc) is 2.75. The van der Waals surface area contributed by atoms with E-state index in [1.807, 2.05) is 6.92 Å². The first-order valence-corrected chi connectivity index (χ1v) is 9.52. The Bertz CT molecular complexity index is 661. The van der Waals surface area contributed by atoms with E-state index in [9.17, 15) is 12.8 Å². The highest BCUT2D eigenvalue weighted by molar-refractivity contribution is 7.91. The fourth-order valence-electron chi connectivity index (χ4n) is 3.45. The summed E-state index contributed by atoms with van der Waals surface area (Å²) in [5.74, 6) is 0.132. The second-order valence-electron chi connectivity index (χ2n) is 6.51. The van der Waals surface area contributed by atoms with E-state index in [2.05, 4.69) is 5.32 Å². The summed E-state index contributed by atoms with van der Waals surface area (Å²) >= 11 is 0. The van der Waals surface area contributed by atoms with Gasteiger partial charge in [0.25, 0.3) is 0 Å². The van der Waals surface area contributed by atoms with Crippen LogP contribution in [0.15, 0.2) is 18.2 Å². The molecule has 0 radical (unpaired) electrons. The van der Waals surface area contributed by atoms with Gasteiger partial charge in [-0.05, 0) is 49.4 Å². The topological polar surface area (TPSA) is 55.4 Å². The molecule has 2 atom stereocenters. The molecule has 1 aromatic rings. The van der Waals surface area contributed by atoms with Crippen LogP contribution in [0.2, 0.25) is 0 Å². The molecule has 0 aromatic heterocycles. The van der Waals surface area contributed by atoms with Crippen molar-refractivity contribution in [1.82, 2.24) is 5.32 Å². The summed E-state index contributed by atoms with van der Waals surface area (Å²) in [6.45, 7) is 3.14. The van der Waals surface area contributed by atoms with Crippen LogP contribution < -0.4 is 5.32 Å². The SMILES string of the molecule is Cc1ccc(F)cc1CNC1CCOC2(CCS(=O)(=O)C2)C1. The molecule has 0 saturated carbocycles. The van der Waals surface area contributed by atoms with Crippen LogP contribution in [0.5, 0.6) is 0 Å². The summed E-state index contributed by atoms with van der Waals surface area (Å²) in [5, 5.41) is 3.44. The molecule has 1 aromatic carbocycles. The quantitative estimate of drug-likeness (QED) is 0.922. The monoisotopic (exact) mass is 327 g/mol. The number of aryl methyl sites for hydroxylation is 1. The summed E-state index contributed by atoms with van der Waals surface area (Å²) in [5.41, 5.74) is 1.49. The minimum Gasteiger partial charge on any atom is -0.374 e. The molecule has 2 saturated heterocycles. The molecule has 3 rings (SSSR count). The van der Waals surface area contributed by atoms with E-state index in [4.69, 9.17) is 4.74 Å². The second kappa shape index (κ2) is 5.91. The Hall–Kier alpha value is -0.980. The minimum absolute atomic E-state index is 0.136. The Balaban J connectivity index is 1.63. The lowest BCUT2D eigenvalue weighted by Crippen LogP contribution is -2.47. The molecule has 0 bridgehead atoms. The number of benzene rings is 1. The largest absolute Gasteiger partial charge is 0.374 e. The Labute approximate surface area is 131 Å². The van der Waals surface area contributed by atoms with Gasteiger partial charge in [0.1, 0.15) is 5.82 Å². The van der Waals surface area contributed by atoms with Gasteiger partial charge in [-0.25, -0.2) is 12.8 Å². The van der Waals surface area contributed by atoms with Crippen molar-refractivity contribution in [2.45, 2.75) is 44.4 Å². The van der Waals surface area contributed by atoms with Gasteiger partial charge in [0.2, 0.25) is 0 Å². The molecule has 2 fully saturated rings. The number of hydrogen-bond acceptors (Lipinski definition) is 4. The van der Waals surface area contributed by atoms with Crippen LogP contribution in [0.1, 0.15) is 30.4 Å². The smallest absolute Gasteiger partial charge is 0.153 e.